The van der Waals surface area contributed by atoms with Crippen molar-refractivity contribution >= 4 is 22.7 Å². The van der Waals surface area contributed by atoms with E-state index in [0.717, 1.165) is 5.69 Å². The summed E-state index contributed by atoms with van der Waals surface area (Å²) in [5.41, 5.74) is 3.81. The molecule has 0 saturated heterocycles. The third kappa shape index (κ3) is 2.58. The minimum Gasteiger partial charge on any atom is -0.324 e. The summed E-state index contributed by atoms with van der Waals surface area (Å²) in [6, 6.07) is 8.97. The molecule has 0 aliphatic rings. The van der Waals surface area contributed by atoms with Crippen molar-refractivity contribution in [2.75, 3.05) is 5.43 Å². The van der Waals surface area contributed by atoms with Gasteiger partial charge in [-0.05, 0) is 18.2 Å². The van der Waals surface area contributed by atoms with Crippen LogP contribution in [0.1, 0.15) is 5.56 Å². The van der Waals surface area contributed by atoms with Crippen molar-refractivity contribution in [1.29, 1.82) is 5.26 Å². The molecule has 0 spiro atoms. The van der Waals surface area contributed by atoms with E-state index in [4.69, 9.17) is 11.1 Å². The summed E-state index contributed by atoms with van der Waals surface area (Å²) >= 11 is 0. The average Bonchev–Trinajstić information content (AvgIpc) is 2.05. The molecule has 3 nitrogen and oxygen atoms in total. The van der Waals surface area contributed by atoms with Gasteiger partial charge in [0.1, 0.15) is 0 Å². The molecular formula is C7H8BrN3. The molecule has 1 rings (SSSR count). The van der Waals surface area contributed by atoms with Crippen LogP contribution in [0.2, 0.25) is 0 Å². The van der Waals surface area contributed by atoms with E-state index in [1.165, 1.54) is 0 Å². The van der Waals surface area contributed by atoms with Crippen molar-refractivity contribution in [1.82, 2.24) is 0 Å². The maximum atomic E-state index is 8.44. The highest BCUT2D eigenvalue weighted by molar-refractivity contribution is 8.93. The lowest BCUT2D eigenvalue weighted by Gasteiger charge is -1.96. The minimum absolute atomic E-state index is 0. The normalized spacial score (nSPS) is 7.64. The minimum atomic E-state index is 0. The maximum absolute atomic E-state index is 8.44. The van der Waals surface area contributed by atoms with Crippen LogP contribution in [-0.2, 0) is 0 Å². The first-order chi connectivity index (χ1) is 4.86. The number of nitrogens with one attached hydrogen (secondary N) is 1. The number of benzene rings is 1. The molecule has 0 bridgehead atoms. The third-order valence-corrected chi connectivity index (χ3v) is 1.16. The monoisotopic (exact) mass is 213 g/mol. The number of nitrogen functional groups attached to an aromatic ring is 1. The van der Waals surface area contributed by atoms with E-state index >= 15 is 0 Å². The first-order valence-corrected chi connectivity index (χ1v) is 2.83. The van der Waals surface area contributed by atoms with Crippen molar-refractivity contribution < 1.29 is 0 Å². The second-order valence-electron chi connectivity index (χ2n) is 1.84. The Balaban J connectivity index is 0.000001000. The van der Waals surface area contributed by atoms with Crippen molar-refractivity contribution in [2.24, 2.45) is 5.84 Å². The first kappa shape index (κ1) is 9.95. The molecule has 58 valence electrons. The van der Waals surface area contributed by atoms with E-state index in [-0.39, 0.29) is 17.0 Å². The highest BCUT2D eigenvalue weighted by Crippen LogP contribution is 2.06. The van der Waals surface area contributed by atoms with Gasteiger partial charge in [0.05, 0.1) is 11.6 Å². The Labute approximate surface area is 75.6 Å². The number of hydrazine groups is 1. The van der Waals surface area contributed by atoms with E-state index in [1.54, 1.807) is 24.3 Å². The van der Waals surface area contributed by atoms with Crippen molar-refractivity contribution in [3.63, 3.8) is 0 Å². The molecular weight excluding hydrogens is 206 g/mol. The third-order valence-electron chi connectivity index (χ3n) is 1.16. The zero-order chi connectivity index (χ0) is 7.40. The number of halogens is 1. The fourth-order valence-corrected chi connectivity index (χ4v) is 0.679. The largest absolute Gasteiger partial charge is 0.324 e. The van der Waals surface area contributed by atoms with Gasteiger partial charge < -0.3 is 5.43 Å². The second-order valence-corrected chi connectivity index (χ2v) is 1.84. The van der Waals surface area contributed by atoms with E-state index in [1.807, 2.05) is 6.07 Å². The average molecular weight is 214 g/mol. The highest BCUT2D eigenvalue weighted by Gasteiger charge is 1.89. The van der Waals surface area contributed by atoms with Gasteiger partial charge in [0.25, 0.3) is 0 Å². The molecule has 0 radical (unpaired) electrons. The molecule has 4 heteroatoms. The number of nitrogens with two attached hydrogens (primary N) is 1. The summed E-state index contributed by atoms with van der Waals surface area (Å²) < 4.78 is 0. The van der Waals surface area contributed by atoms with E-state index in [0.29, 0.717) is 5.56 Å². The van der Waals surface area contributed by atoms with Crippen LogP contribution in [0.5, 0.6) is 0 Å². The van der Waals surface area contributed by atoms with Gasteiger partial charge in [0.15, 0.2) is 0 Å². The number of rotatable bonds is 1. The quantitative estimate of drug-likeness (QED) is 0.548. The first-order valence-electron chi connectivity index (χ1n) is 2.83. The Morgan fingerprint density at radius 1 is 1.45 bits per heavy atom. The van der Waals surface area contributed by atoms with Crippen LogP contribution in [0.15, 0.2) is 24.3 Å². The molecule has 0 amide bonds. The summed E-state index contributed by atoms with van der Waals surface area (Å²) in [4.78, 5) is 0. The van der Waals surface area contributed by atoms with Crippen LogP contribution in [0.25, 0.3) is 0 Å². The molecule has 1 aromatic carbocycles. The molecule has 0 aliphatic carbocycles. The van der Waals surface area contributed by atoms with Gasteiger partial charge in [-0.15, -0.1) is 17.0 Å². The fourth-order valence-electron chi connectivity index (χ4n) is 0.679. The topological polar surface area (TPSA) is 61.8 Å². The van der Waals surface area contributed by atoms with Gasteiger partial charge in [-0.1, -0.05) is 6.07 Å². The highest BCUT2D eigenvalue weighted by atomic mass is 79.9. The number of hydrogen-bond acceptors (Lipinski definition) is 3. The number of nitriles is 1. The molecule has 0 saturated carbocycles. The van der Waals surface area contributed by atoms with Gasteiger partial charge in [-0.3, -0.25) is 5.84 Å². The smallest absolute Gasteiger partial charge is 0.0992 e. The standard InChI is InChI=1S/C7H7N3.BrH/c8-5-6-2-1-3-7(4-6)10-9;/h1-4,10H,9H2;1H. The zero-order valence-electron chi connectivity index (χ0n) is 5.74. The van der Waals surface area contributed by atoms with Crippen molar-refractivity contribution in [3.8, 4) is 6.07 Å². The Bertz CT molecular complexity index is 267. The van der Waals surface area contributed by atoms with Gasteiger partial charge >= 0.3 is 0 Å². The summed E-state index contributed by atoms with van der Waals surface area (Å²) in [6.45, 7) is 0. The predicted molar refractivity (Wildman–Crippen MR) is 49.3 cm³/mol. The zero-order valence-corrected chi connectivity index (χ0v) is 7.46. The van der Waals surface area contributed by atoms with E-state index in [2.05, 4.69) is 5.43 Å². The molecule has 0 aromatic heterocycles. The van der Waals surface area contributed by atoms with Crippen LogP contribution in [0, 0.1) is 11.3 Å². The molecule has 0 fully saturated rings. The molecule has 11 heavy (non-hydrogen) atoms. The Hall–Kier alpha value is -1.05. The molecule has 0 atom stereocenters. The van der Waals surface area contributed by atoms with Crippen LogP contribution in [-0.4, -0.2) is 0 Å². The fraction of sp³-hybridized carbons (Fsp3) is 0. The lowest BCUT2D eigenvalue weighted by molar-refractivity contribution is 1.34. The molecule has 3 N–H and O–H groups in total. The van der Waals surface area contributed by atoms with Gasteiger partial charge in [0, 0.05) is 5.69 Å². The number of anilines is 1. The number of nitrogens with zero attached hydrogens (tertiary/aromatic N) is 1. The summed E-state index contributed by atoms with van der Waals surface area (Å²) in [5.74, 6) is 5.11. The maximum Gasteiger partial charge on any atom is 0.0992 e. The Kier molecular flexibility index (Phi) is 4.27. The van der Waals surface area contributed by atoms with Crippen LogP contribution in [0.4, 0.5) is 5.69 Å². The van der Waals surface area contributed by atoms with Crippen molar-refractivity contribution in [3.05, 3.63) is 29.8 Å². The Morgan fingerprint density at radius 2 is 2.18 bits per heavy atom. The van der Waals surface area contributed by atoms with Gasteiger partial charge in [-0.25, -0.2) is 0 Å². The summed E-state index contributed by atoms with van der Waals surface area (Å²) in [5, 5.41) is 8.44. The number of hydrogen-bond donors (Lipinski definition) is 2. The SMILES string of the molecule is Br.N#Cc1cccc(NN)c1. The lowest BCUT2D eigenvalue weighted by Crippen LogP contribution is -2.06. The van der Waals surface area contributed by atoms with Crippen molar-refractivity contribution in [2.45, 2.75) is 0 Å². The Morgan fingerprint density at radius 3 is 2.73 bits per heavy atom. The lowest BCUT2D eigenvalue weighted by atomic mass is 10.2. The molecule has 1 aromatic rings. The van der Waals surface area contributed by atoms with Gasteiger partial charge in [0.2, 0.25) is 0 Å². The summed E-state index contributed by atoms with van der Waals surface area (Å²) in [6.07, 6.45) is 0. The predicted octanol–water partition coefficient (Wildman–Crippen LogP) is 1.42. The summed E-state index contributed by atoms with van der Waals surface area (Å²) in [7, 11) is 0. The second kappa shape index (κ2) is 4.72. The molecule has 0 aliphatic heterocycles. The van der Waals surface area contributed by atoms with E-state index in [9.17, 15) is 0 Å². The molecule has 0 heterocycles. The van der Waals surface area contributed by atoms with Crippen LogP contribution >= 0.6 is 17.0 Å². The van der Waals surface area contributed by atoms with Gasteiger partial charge in [-0.2, -0.15) is 5.26 Å². The van der Waals surface area contributed by atoms with Crippen LogP contribution in [0.3, 0.4) is 0 Å². The van der Waals surface area contributed by atoms with E-state index < -0.39 is 0 Å². The molecule has 0 unspecified atom stereocenters. The van der Waals surface area contributed by atoms with Crippen LogP contribution < -0.4 is 11.3 Å².